The summed E-state index contributed by atoms with van der Waals surface area (Å²) in [5.41, 5.74) is 0.442. The third-order valence-corrected chi connectivity index (χ3v) is 6.31. The molecule has 2 aromatic carbocycles. The number of methoxy groups -OCH3 is 1. The first kappa shape index (κ1) is 17.4. The second-order valence-electron chi connectivity index (χ2n) is 5.22. The Balaban J connectivity index is 2.08. The number of anilines is 1. The van der Waals surface area contributed by atoms with Crippen molar-refractivity contribution in [2.45, 2.75) is 11.4 Å². The number of ether oxygens (including phenoxy) is 1. The standard InChI is InChI=1S/C18H16FNO3S2/c1-23-15-10-8-14(9-11-15)20(13-16-5-4-12-24-16)25(21,22)18-7-3-2-6-17(18)19/h2-12H,13H2,1H3. The lowest BCUT2D eigenvalue weighted by molar-refractivity contribution is 0.415. The zero-order valence-electron chi connectivity index (χ0n) is 13.4. The van der Waals surface area contributed by atoms with Gasteiger partial charge in [0.25, 0.3) is 10.0 Å². The Morgan fingerprint density at radius 1 is 1.04 bits per heavy atom. The lowest BCUT2D eigenvalue weighted by Crippen LogP contribution is -2.30. The van der Waals surface area contributed by atoms with Gasteiger partial charge in [-0.1, -0.05) is 18.2 Å². The number of thiophene rings is 1. The molecular weight excluding hydrogens is 361 g/mol. The molecule has 0 spiro atoms. The highest BCUT2D eigenvalue weighted by molar-refractivity contribution is 7.92. The van der Waals surface area contributed by atoms with Crippen LogP contribution in [0, 0.1) is 5.82 Å². The van der Waals surface area contributed by atoms with E-state index in [-0.39, 0.29) is 11.4 Å². The fourth-order valence-corrected chi connectivity index (χ4v) is 4.67. The Hall–Kier alpha value is -2.38. The Morgan fingerprint density at radius 3 is 2.36 bits per heavy atom. The van der Waals surface area contributed by atoms with Crippen LogP contribution < -0.4 is 9.04 Å². The van der Waals surface area contributed by atoms with Gasteiger partial charge < -0.3 is 4.74 Å². The van der Waals surface area contributed by atoms with Crippen LogP contribution in [0.3, 0.4) is 0 Å². The molecular formula is C18H16FNO3S2. The lowest BCUT2D eigenvalue weighted by atomic mass is 10.3. The van der Waals surface area contributed by atoms with Gasteiger partial charge in [0.1, 0.15) is 16.5 Å². The van der Waals surface area contributed by atoms with Crippen LogP contribution in [0.5, 0.6) is 5.75 Å². The molecule has 130 valence electrons. The van der Waals surface area contributed by atoms with Gasteiger partial charge in [0.15, 0.2) is 0 Å². The number of nitrogens with zero attached hydrogens (tertiary/aromatic N) is 1. The molecule has 0 fully saturated rings. The van der Waals surface area contributed by atoms with Crippen molar-refractivity contribution < 1.29 is 17.5 Å². The van der Waals surface area contributed by atoms with Gasteiger partial charge in [0, 0.05) is 4.88 Å². The average Bonchev–Trinajstić information content (AvgIpc) is 3.13. The number of hydrogen-bond acceptors (Lipinski definition) is 4. The van der Waals surface area contributed by atoms with E-state index in [1.165, 1.54) is 41.0 Å². The molecule has 3 rings (SSSR count). The quantitative estimate of drug-likeness (QED) is 0.644. The van der Waals surface area contributed by atoms with Crippen LogP contribution >= 0.6 is 11.3 Å². The van der Waals surface area contributed by atoms with E-state index in [0.717, 1.165) is 10.9 Å². The highest BCUT2D eigenvalue weighted by Gasteiger charge is 2.28. The molecule has 0 aliphatic rings. The zero-order valence-corrected chi connectivity index (χ0v) is 15.1. The smallest absolute Gasteiger partial charge is 0.267 e. The number of sulfonamides is 1. The second-order valence-corrected chi connectivity index (χ2v) is 8.08. The van der Waals surface area contributed by atoms with Gasteiger partial charge in [0.2, 0.25) is 0 Å². The molecule has 0 saturated heterocycles. The monoisotopic (exact) mass is 377 g/mol. The van der Waals surface area contributed by atoms with Gasteiger partial charge in [0.05, 0.1) is 19.3 Å². The SMILES string of the molecule is COc1ccc(N(Cc2cccs2)S(=O)(=O)c2ccccc2F)cc1. The molecule has 0 aliphatic carbocycles. The summed E-state index contributed by atoms with van der Waals surface area (Å²) in [5.74, 6) is -0.157. The highest BCUT2D eigenvalue weighted by Crippen LogP contribution is 2.29. The molecule has 4 nitrogen and oxygen atoms in total. The lowest BCUT2D eigenvalue weighted by Gasteiger charge is -2.24. The Kier molecular flexibility index (Phi) is 5.06. The number of rotatable bonds is 6. The Labute approximate surface area is 150 Å². The Morgan fingerprint density at radius 2 is 1.76 bits per heavy atom. The minimum Gasteiger partial charge on any atom is -0.497 e. The van der Waals surface area contributed by atoms with E-state index in [2.05, 4.69) is 0 Å². The van der Waals surface area contributed by atoms with E-state index in [0.29, 0.717) is 11.4 Å². The summed E-state index contributed by atoms with van der Waals surface area (Å²) in [4.78, 5) is 0.512. The van der Waals surface area contributed by atoms with E-state index in [9.17, 15) is 12.8 Å². The molecule has 3 aromatic rings. The molecule has 1 heterocycles. The van der Waals surface area contributed by atoms with E-state index in [1.54, 1.807) is 24.3 Å². The molecule has 1 aromatic heterocycles. The molecule has 0 radical (unpaired) electrons. The van der Waals surface area contributed by atoms with E-state index in [4.69, 9.17) is 4.74 Å². The first-order chi connectivity index (χ1) is 12.0. The van der Waals surface area contributed by atoms with Crippen molar-refractivity contribution in [2.24, 2.45) is 0 Å². The van der Waals surface area contributed by atoms with Gasteiger partial charge >= 0.3 is 0 Å². The van der Waals surface area contributed by atoms with Crippen molar-refractivity contribution in [3.63, 3.8) is 0 Å². The van der Waals surface area contributed by atoms with Crippen molar-refractivity contribution in [2.75, 3.05) is 11.4 Å². The fraction of sp³-hybridized carbons (Fsp3) is 0.111. The van der Waals surface area contributed by atoms with Crippen LogP contribution in [0.1, 0.15) is 4.88 Å². The van der Waals surface area contributed by atoms with Gasteiger partial charge in [-0.15, -0.1) is 11.3 Å². The summed E-state index contributed by atoms with van der Waals surface area (Å²) in [5, 5.41) is 1.87. The van der Waals surface area contributed by atoms with Crippen LogP contribution in [0.25, 0.3) is 0 Å². The second kappa shape index (κ2) is 7.25. The predicted octanol–water partition coefficient (Wildman–Crippen LogP) is 4.29. The van der Waals surface area contributed by atoms with Crippen LogP contribution in [-0.2, 0) is 16.6 Å². The summed E-state index contributed by atoms with van der Waals surface area (Å²) in [6.45, 7) is 0.126. The predicted molar refractivity (Wildman–Crippen MR) is 97.1 cm³/mol. The van der Waals surface area contributed by atoms with Gasteiger partial charge in [-0.3, -0.25) is 4.31 Å². The summed E-state index contributed by atoms with van der Waals surface area (Å²) in [6.07, 6.45) is 0. The maximum Gasteiger partial charge on any atom is 0.267 e. The summed E-state index contributed by atoms with van der Waals surface area (Å²) in [7, 11) is -2.52. The molecule has 0 amide bonds. The molecule has 7 heteroatoms. The third kappa shape index (κ3) is 3.67. The van der Waals surface area contributed by atoms with Crippen molar-refractivity contribution in [3.05, 3.63) is 76.7 Å². The number of benzene rings is 2. The highest BCUT2D eigenvalue weighted by atomic mass is 32.2. The topological polar surface area (TPSA) is 46.6 Å². The summed E-state index contributed by atoms with van der Waals surface area (Å²) >= 11 is 1.44. The third-order valence-electron chi connectivity index (χ3n) is 3.64. The van der Waals surface area contributed by atoms with Crippen LogP contribution in [0.2, 0.25) is 0 Å². The fourth-order valence-electron chi connectivity index (χ4n) is 2.38. The van der Waals surface area contributed by atoms with E-state index >= 15 is 0 Å². The Bertz CT molecular complexity index is 939. The van der Waals surface area contributed by atoms with Crippen molar-refractivity contribution in [3.8, 4) is 5.75 Å². The molecule has 0 N–H and O–H groups in total. The molecule has 0 aliphatic heterocycles. The van der Waals surface area contributed by atoms with Crippen molar-refractivity contribution >= 4 is 27.0 Å². The van der Waals surface area contributed by atoms with Gasteiger partial charge in [-0.25, -0.2) is 12.8 Å². The zero-order chi connectivity index (χ0) is 17.9. The van der Waals surface area contributed by atoms with Gasteiger partial charge in [-0.2, -0.15) is 0 Å². The largest absolute Gasteiger partial charge is 0.497 e. The molecule has 0 saturated carbocycles. The summed E-state index contributed by atoms with van der Waals surface area (Å²) < 4.78 is 46.6. The number of hydrogen-bond donors (Lipinski definition) is 0. The van der Waals surface area contributed by atoms with Crippen molar-refractivity contribution in [1.29, 1.82) is 0 Å². The average molecular weight is 377 g/mol. The van der Waals surface area contributed by atoms with Crippen molar-refractivity contribution in [1.82, 2.24) is 0 Å². The molecule has 25 heavy (non-hydrogen) atoms. The normalized spacial score (nSPS) is 11.3. The molecule has 0 atom stereocenters. The maximum atomic E-state index is 14.1. The first-order valence-corrected chi connectivity index (χ1v) is 9.78. The molecule has 0 unspecified atom stereocenters. The minimum absolute atomic E-state index is 0.126. The van der Waals surface area contributed by atoms with Crippen LogP contribution in [0.4, 0.5) is 10.1 Å². The number of halogens is 1. The van der Waals surface area contributed by atoms with Gasteiger partial charge in [-0.05, 0) is 47.8 Å². The molecule has 0 bridgehead atoms. The van der Waals surface area contributed by atoms with Crippen LogP contribution in [-0.4, -0.2) is 15.5 Å². The van der Waals surface area contributed by atoms with E-state index in [1.807, 2.05) is 17.5 Å². The summed E-state index contributed by atoms with van der Waals surface area (Å²) in [6, 6.07) is 15.7. The first-order valence-electron chi connectivity index (χ1n) is 7.46. The maximum absolute atomic E-state index is 14.1. The van der Waals surface area contributed by atoms with Crippen LogP contribution in [0.15, 0.2) is 70.9 Å². The van der Waals surface area contributed by atoms with E-state index < -0.39 is 15.8 Å². The minimum atomic E-state index is -4.06.